The number of hydrogen-bond acceptors (Lipinski definition) is 4. The first-order chi connectivity index (χ1) is 9.61. The third-order valence-corrected chi connectivity index (χ3v) is 2.90. The van der Waals surface area contributed by atoms with Gasteiger partial charge in [-0.3, -0.25) is 4.79 Å². The average molecular weight is 273 g/mol. The van der Waals surface area contributed by atoms with Gasteiger partial charge in [0, 0.05) is 25.0 Å². The standard InChI is InChI=1S/C14H15N3O3/c1-17-8-7-15-12(17)9-16-13(18)10-3-5-11(6-4-10)14(19)20-2/h3-8H,9H2,1-2H3,(H,16,18). The number of aryl methyl sites for hydroxylation is 1. The van der Waals surface area contributed by atoms with Crippen LogP contribution in [0.2, 0.25) is 0 Å². The number of nitrogens with one attached hydrogen (secondary N) is 1. The Hall–Kier alpha value is -2.63. The smallest absolute Gasteiger partial charge is 0.337 e. The van der Waals surface area contributed by atoms with Crippen LogP contribution in [0.1, 0.15) is 26.5 Å². The van der Waals surface area contributed by atoms with Crippen molar-refractivity contribution in [2.24, 2.45) is 7.05 Å². The lowest BCUT2D eigenvalue weighted by Crippen LogP contribution is -2.24. The Morgan fingerprint density at radius 2 is 1.90 bits per heavy atom. The van der Waals surface area contributed by atoms with E-state index in [1.165, 1.54) is 7.11 Å². The molecule has 0 spiro atoms. The van der Waals surface area contributed by atoms with Crippen LogP contribution in [0.25, 0.3) is 0 Å². The minimum absolute atomic E-state index is 0.218. The van der Waals surface area contributed by atoms with Crippen LogP contribution < -0.4 is 5.32 Å². The molecule has 20 heavy (non-hydrogen) atoms. The number of rotatable bonds is 4. The topological polar surface area (TPSA) is 73.2 Å². The molecule has 0 saturated heterocycles. The second-order valence-corrected chi connectivity index (χ2v) is 4.21. The number of carbonyl (C=O) groups is 2. The molecule has 0 aliphatic carbocycles. The highest BCUT2D eigenvalue weighted by Crippen LogP contribution is 2.06. The first kappa shape index (κ1) is 13.8. The summed E-state index contributed by atoms with van der Waals surface area (Å²) in [5.41, 5.74) is 0.889. The van der Waals surface area contributed by atoms with Crippen LogP contribution in [0, 0.1) is 0 Å². The number of benzene rings is 1. The Morgan fingerprint density at radius 3 is 2.45 bits per heavy atom. The van der Waals surface area contributed by atoms with E-state index in [4.69, 9.17) is 0 Å². The lowest BCUT2D eigenvalue weighted by atomic mass is 10.1. The summed E-state index contributed by atoms with van der Waals surface area (Å²) in [5.74, 6) is 0.124. The van der Waals surface area contributed by atoms with Gasteiger partial charge in [-0.25, -0.2) is 9.78 Å². The van der Waals surface area contributed by atoms with Crippen molar-refractivity contribution in [2.75, 3.05) is 7.11 Å². The Morgan fingerprint density at radius 1 is 1.25 bits per heavy atom. The zero-order valence-corrected chi connectivity index (χ0v) is 11.3. The average Bonchev–Trinajstić information content (AvgIpc) is 2.89. The Labute approximate surface area is 116 Å². The number of carbonyl (C=O) groups excluding carboxylic acids is 2. The van der Waals surface area contributed by atoms with E-state index in [1.807, 2.05) is 17.8 Å². The SMILES string of the molecule is COC(=O)c1ccc(C(=O)NCc2nccn2C)cc1. The largest absolute Gasteiger partial charge is 0.465 e. The molecule has 1 aromatic heterocycles. The molecule has 1 aromatic carbocycles. The van der Waals surface area contributed by atoms with Gasteiger partial charge >= 0.3 is 5.97 Å². The van der Waals surface area contributed by atoms with Gasteiger partial charge in [-0.15, -0.1) is 0 Å². The molecule has 1 N–H and O–H groups in total. The number of ether oxygens (including phenoxy) is 1. The highest BCUT2D eigenvalue weighted by Gasteiger charge is 2.09. The van der Waals surface area contributed by atoms with E-state index in [0.29, 0.717) is 17.7 Å². The lowest BCUT2D eigenvalue weighted by molar-refractivity contribution is 0.0600. The zero-order valence-electron chi connectivity index (χ0n) is 11.3. The van der Waals surface area contributed by atoms with E-state index in [2.05, 4.69) is 15.0 Å². The molecule has 0 aliphatic rings. The summed E-state index contributed by atoms with van der Waals surface area (Å²) in [6.45, 7) is 0.348. The Kier molecular flexibility index (Phi) is 4.14. The molecule has 2 rings (SSSR count). The van der Waals surface area contributed by atoms with Crippen LogP contribution in [-0.2, 0) is 18.3 Å². The van der Waals surface area contributed by atoms with Crippen LogP contribution in [-0.4, -0.2) is 28.5 Å². The van der Waals surface area contributed by atoms with Crippen LogP contribution >= 0.6 is 0 Å². The normalized spacial score (nSPS) is 10.1. The predicted octanol–water partition coefficient (Wildman–Crippen LogP) is 1.14. The third kappa shape index (κ3) is 3.03. The summed E-state index contributed by atoms with van der Waals surface area (Å²) < 4.78 is 6.43. The summed E-state index contributed by atoms with van der Waals surface area (Å²) in [6, 6.07) is 6.28. The molecule has 0 aliphatic heterocycles. The fraction of sp³-hybridized carbons (Fsp3) is 0.214. The first-order valence-electron chi connectivity index (χ1n) is 6.04. The van der Waals surface area contributed by atoms with Gasteiger partial charge in [0.2, 0.25) is 0 Å². The molecule has 0 radical (unpaired) electrons. The van der Waals surface area contributed by atoms with E-state index in [-0.39, 0.29) is 5.91 Å². The number of nitrogens with zero attached hydrogens (tertiary/aromatic N) is 2. The van der Waals surface area contributed by atoms with Crippen LogP contribution in [0.3, 0.4) is 0 Å². The molecule has 0 unspecified atom stereocenters. The summed E-state index contributed by atoms with van der Waals surface area (Å²) in [4.78, 5) is 27.3. The van der Waals surface area contributed by atoms with Gasteiger partial charge in [-0.1, -0.05) is 0 Å². The van der Waals surface area contributed by atoms with Gasteiger partial charge in [0.25, 0.3) is 5.91 Å². The number of hydrogen-bond donors (Lipinski definition) is 1. The van der Waals surface area contributed by atoms with E-state index < -0.39 is 5.97 Å². The second kappa shape index (κ2) is 6.01. The number of aromatic nitrogens is 2. The van der Waals surface area contributed by atoms with E-state index in [9.17, 15) is 9.59 Å². The highest BCUT2D eigenvalue weighted by atomic mass is 16.5. The van der Waals surface area contributed by atoms with Crippen molar-refractivity contribution >= 4 is 11.9 Å². The minimum Gasteiger partial charge on any atom is -0.465 e. The van der Waals surface area contributed by atoms with Gasteiger partial charge in [-0.2, -0.15) is 0 Å². The Balaban J connectivity index is 1.99. The molecule has 0 fully saturated rings. The highest BCUT2D eigenvalue weighted by molar-refractivity contribution is 5.96. The van der Waals surface area contributed by atoms with Crippen molar-refractivity contribution in [2.45, 2.75) is 6.54 Å². The van der Waals surface area contributed by atoms with Gasteiger partial charge in [0.15, 0.2) is 0 Å². The van der Waals surface area contributed by atoms with Gasteiger partial charge in [0.05, 0.1) is 19.2 Å². The molecule has 1 amide bonds. The van der Waals surface area contributed by atoms with Crippen molar-refractivity contribution in [3.63, 3.8) is 0 Å². The second-order valence-electron chi connectivity index (χ2n) is 4.21. The number of methoxy groups -OCH3 is 1. The fourth-order valence-electron chi connectivity index (χ4n) is 1.70. The summed E-state index contributed by atoms with van der Waals surface area (Å²) in [6.07, 6.45) is 3.49. The zero-order chi connectivity index (χ0) is 14.5. The third-order valence-electron chi connectivity index (χ3n) is 2.90. The molecule has 6 heteroatoms. The summed E-state index contributed by atoms with van der Waals surface area (Å²) in [7, 11) is 3.18. The molecule has 104 valence electrons. The maximum absolute atomic E-state index is 11.9. The van der Waals surface area contributed by atoms with Crippen LogP contribution in [0.15, 0.2) is 36.7 Å². The maximum atomic E-state index is 11.9. The van der Waals surface area contributed by atoms with Gasteiger partial charge in [0.1, 0.15) is 5.82 Å². The monoisotopic (exact) mass is 273 g/mol. The fourth-order valence-corrected chi connectivity index (χ4v) is 1.70. The molecular formula is C14H15N3O3. The van der Waals surface area contributed by atoms with E-state index in [1.54, 1.807) is 30.5 Å². The van der Waals surface area contributed by atoms with E-state index in [0.717, 1.165) is 5.82 Å². The summed E-state index contributed by atoms with van der Waals surface area (Å²) in [5, 5.41) is 2.77. The molecule has 1 heterocycles. The quantitative estimate of drug-likeness (QED) is 0.848. The molecule has 0 bridgehead atoms. The number of esters is 1. The first-order valence-corrected chi connectivity index (χ1v) is 6.04. The minimum atomic E-state index is -0.426. The predicted molar refractivity (Wildman–Crippen MR) is 72.2 cm³/mol. The maximum Gasteiger partial charge on any atom is 0.337 e. The van der Waals surface area contributed by atoms with Crippen molar-refractivity contribution in [1.29, 1.82) is 0 Å². The number of amides is 1. The van der Waals surface area contributed by atoms with Crippen LogP contribution in [0.4, 0.5) is 0 Å². The van der Waals surface area contributed by atoms with Gasteiger partial charge < -0.3 is 14.6 Å². The number of imidazole rings is 1. The molecule has 6 nitrogen and oxygen atoms in total. The van der Waals surface area contributed by atoms with Gasteiger partial charge in [-0.05, 0) is 24.3 Å². The molecule has 0 atom stereocenters. The molecular weight excluding hydrogens is 258 g/mol. The lowest BCUT2D eigenvalue weighted by Gasteiger charge is -2.06. The summed E-state index contributed by atoms with van der Waals surface area (Å²) >= 11 is 0. The van der Waals surface area contributed by atoms with Crippen LogP contribution in [0.5, 0.6) is 0 Å². The van der Waals surface area contributed by atoms with Crippen molar-refractivity contribution in [3.8, 4) is 0 Å². The molecule has 0 saturated carbocycles. The molecule has 2 aromatic rings. The van der Waals surface area contributed by atoms with Crippen molar-refractivity contribution < 1.29 is 14.3 Å². The Bertz CT molecular complexity index is 617. The van der Waals surface area contributed by atoms with Crippen molar-refractivity contribution in [3.05, 3.63) is 53.6 Å². The van der Waals surface area contributed by atoms with Crippen molar-refractivity contribution in [1.82, 2.24) is 14.9 Å². The van der Waals surface area contributed by atoms with E-state index >= 15 is 0 Å².